The molecule has 0 saturated heterocycles. The minimum absolute atomic E-state index is 0.0699. The number of carbonyl (C=O) groups is 1. The molecule has 0 aromatic heterocycles. The number of hydrogen-bond acceptors (Lipinski definition) is 8. The molecular formula is C20H24ClN3O7S. The van der Waals surface area contributed by atoms with Crippen LogP contribution >= 0.6 is 11.6 Å². The summed E-state index contributed by atoms with van der Waals surface area (Å²) in [6, 6.07) is 7.32. The molecule has 12 heteroatoms. The van der Waals surface area contributed by atoms with E-state index in [1.54, 1.807) is 12.1 Å². The Morgan fingerprint density at radius 2 is 1.62 bits per heavy atom. The molecule has 32 heavy (non-hydrogen) atoms. The molecule has 0 bridgehead atoms. The van der Waals surface area contributed by atoms with E-state index < -0.39 is 22.5 Å². The van der Waals surface area contributed by atoms with Crippen LogP contribution in [-0.4, -0.2) is 66.9 Å². The average Bonchev–Trinajstić information content (AvgIpc) is 2.77. The van der Waals surface area contributed by atoms with E-state index in [4.69, 9.17) is 30.5 Å². The molecule has 0 radical (unpaired) electrons. The van der Waals surface area contributed by atoms with Gasteiger partial charge in [-0.1, -0.05) is 11.6 Å². The molecule has 2 aromatic rings. The number of nitrogens with one attached hydrogen (secondary N) is 1. The molecule has 0 spiro atoms. The van der Waals surface area contributed by atoms with Crippen LogP contribution in [0.5, 0.6) is 23.0 Å². The van der Waals surface area contributed by atoms with E-state index in [0.717, 1.165) is 4.31 Å². The van der Waals surface area contributed by atoms with Crippen molar-refractivity contribution in [1.29, 1.82) is 0 Å². The van der Waals surface area contributed by atoms with E-state index in [-0.39, 0.29) is 9.92 Å². The third-order valence-corrected chi connectivity index (χ3v) is 6.38. The number of halogens is 1. The summed E-state index contributed by atoms with van der Waals surface area (Å²) in [5.41, 5.74) is 2.85. The highest BCUT2D eigenvalue weighted by molar-refractivity contribution is 7.89. The summed E-state index contributed by atoms with van der Waals surface area (Å²) in [7, 11) is 3.19. The fraction of sp³-hybridized carbons (Fsp3) is 0.300. The molecule has 1 amide bonds. The van der Waals surface area contributed by atoms with Crippen molar-refractivity contribution >= 4 is 33.7 Å². The summed E-state index contributed by atoms with van der Waals surface area (Å²) in [6.45, 7) is -0.460. The summed E-state index contributed by atoms with van der Waals surface area (Å²) < 4.78 is 47.0. The molecular weight excluding hydrogens is 462 g/mol. The Balaban J connectivity index is 2.07. The quantitative estimate of drug-likeness (QED) is 0.405. The van der Waals surface area contributed by atoms with Gasteiger partial charge < -0.3 is 18.9 Å². The number of benzene rings is 2. The number of amides is 1. The van der Waals surface area contributed by atoms with Gasteiger partial charge in [0.05, 0.1) is 51.1 Å². The standard InChI is InChI=1S/C20H24ClN3O7S/c1-24(32(26,27)14-6-7-16(28-2)15(21)10-14)12-19(25)23-22-11-13-8-17(29-3)20(31-5)18(9-13)30-4/h6-11H,12H2,1-5H3,(H,23,25)/b22-11+. The van der Waals surface area contributed by atoms with Gasteiger partial charge in [-0.05, 0) is 30.3 Å². The minimum atomic E-state index is -3.95. The Kier molecular flexibility index (Phi) is 8.70. The highest BCUT2D eigenvalue weighted by Crippen LogP contribution is 2.37. The van der Waals surface area contributed by atoms with Crippen LogP contribution in [0.25, 0.3) is 0 Å². The van der Waals surface area contributed by atoms with Gasteiger partial charge in [0.2, 0.25) is 15.8 Å². The molecule has 0 aliphatic rings. The van der Waals surface area contributed by atoms with Gasteiger partial charge in [-0.15, -0.1) is 0 Å². The first-order valence-electron chi connectivity index (χ1n) is 9.09. The van der Waals surface area contributed by atoms with E-state index >= 15 is 0 Å². The number of nitrogens with zero attached hydrogens (tertiary/aromatic N) is 2. The Hall–Kier alpha value is -3.02. The predicted molar refractivity (Wildman–Crippen MR) is 120 cm³/mol. The van der Waals surface area contributed by atoms with Crippen LogP contribution in [-0.2, 0) is 14.8 Å². The second-order valence-electron chi connectivity index (χ2n) is 6.31. The highest BCUT2D eigenvalue weighted by Gasteiger charge is 2.24. The van der Waals surface area contributed by atoms with Gasteiger partial charge >= 0.3 is 0 Å². The molecule has 0 aliphatic carbocycles. The van der Waals surface area contributed by atoms with Crippen molar-refractivity contribution in [2.45, 2.75) is 4.90 Å². The number of ether oxygens (including phenoxy) is 4. The summed E-state index contributed by atoms with van der Waals surface area (Å²) in [5, 5.41) is 4.00. The van der Waals surface area contributed by atoms with Crippen LogP contribution in [0.2, 0.25) is 5.02 Å². The van der Waals surface area contributed by atoms with Crippen LogP contribution in [0.15, 0.2) is 40.3 Å². The molecule has 174 valence electrons. The lowest BCUT2D eigenvalue weighted by atomic mass is 10.2. The van der Waals surface area contributed by atoms with Gasteiger partial charge in [0.15, 0.2) is 11.5 Å². The predicted octanol–water partition coefficient (Wildman–Crippen LogP) is 2.15. The van der Waals surface area contributed by atoms with Gasteiger partial charge in [-0.25, -0.2) is 13.8 Å². The van der Waals surface area contributed by atoms with Crippen molar-refractivity contribution in [2.75, 3.05) is 42.0 Å². The van der Waals surface area contributed by atoms with Crippen LogP contribution in [0, 0.1) is 0 Å². The van der Waals surface area contributed by atoms with E-state index in [9.17, 15) is 13.2 Å². The topological polar surface area (TPSA) is 116 Å². The monoisotopic (exact) mass is 485 g/mol. The zero-order chi connectivity index (χ0) is 23.9. The highest BCUT2D eigenvalue weighted by atomic mass is 35.5. The first-order valence-corrected chi connectivity index (χ1v) is 10.9. The molecule has 0 saturated carbocycles. The van der Waals surface area contributed by atoms with Gasteiger partial charge in [-0.2, -0.15) is 9.41 Å². The number of rotatable bonds is 10. The largest absolute Gasteiger partial charge is 0.495 e. The van der Waals surface area contributed by atoms with Crippen molar-refractivity contribution in [3.05, 3.63) is 40.9 Å². The van der Waals surface area contributed by atoms with Gasteiger partial charge in [0.25, 0.3) is 5.91 Å². The first-order chi connectivity index (χ1) is 15.2. The van der Waals surface area contributed by atoms with Crippen LogP contribution < -0.4 is 24.4 Å². The zero-order valence-electron chi connectivity index (χ0n) is 18.2. The van der Waals surface area contributed by atoms with Gasteiger partial charge in [0.1, 0.15) is 5.75 Å². The molecule has 0 unspecified atom stereocenters. The van der Waals surface area contributed by atoms with Crippen molar-refractivity contribution in [1.82, 2.24) is 9.73 Å². The second-order valence-corrected chi connectivity index (χ2v) is 8.76. The van der Waals surface area contributed by atoms with E-state index in [2.05, 4.69) is 10.5 Å². The number of methoxy groups -OCH3 is 4. The first kappa shape index (κ1) is 25.2. The third kappa shape index (κ3) is 5.81. The van der Waals surface area contributed by atoms with Gasteiger partial charge in [0, 0.05) is 12.6 Å². The lowest BCUT2D eigenvalue weighted by Crippen LogP contribution is -2.36. The molecule has 0 fully saturated rings. The maximum Gasteiger partial charge on any atom is 0.255 e. The second kappa shape index (κ2) is 11.0. The average molecular weight is 486 g/mol. The van der Waals surface area contributed by atoms with Gasteiger partial charge in [-0.3, -0.25) is 4.79 Å². The van der Waals surface area contributed by atoms with E-state index in [0.29, 0.717) is 28.6 Å². The van der Waals surface area contributed by atoms with Crippen LogP contribution in [0.4, 0.5) is 0 Å². The Morgan fingerprint density at radius 3 is 2.12 bits per heavy atom. The van der Waals surface area contributed by atoms with E-state index in [1.807, 2.05) is 0 Å². The fourth-order valence-corrected chi connectivity index (χ4v) is 4.14. The summed E-state index contributed by atoms with van der Waals surface area (Å²) in [5.74, 6) is 0.959. The normalized spacial score (nSPS) is 11.5. The summed E-state index contributed by atoms with van der Waals surface area (Å²) in [6.07, 6.45) is 1.36. The summed E-state index contributed by atoms with van der Waals surface area (Å²) >= 11 is 6.00. The van der Waals surface area contributed by atoms with Crippen LogP contribution in [0.1, 0.15) is 5.56 Å². The molecule has 1 N–H and O–H groups in total. The number of sulfonamides is 1. The molecule has 10 nitrogen and oxygen atoms in total. The van der Waals surface area contributed by atoms with Crippen molar-refractivity contribution in [3.63, 3.8) is 0 Å². The SMILES string of the molecule is COc1ccc(S(=O)(=O)N(C)CC(=O)N/N=C/c2cc(OC)c(OC)c(OC)c2)cc1Cl. The van der Waals surface area contributed by atoms with Crippen molar-refractivity contribution < 1.29 is 32.2 Å². The van der Waals surface area contributed by atoms with Crippen molar-refractivity contribution in [2.24, 2.45) is 5.10 Å². The third-order valence-electron chi connectivity index (χ3n) is 4.29. The minimum Gasteiger partial charge on any atom is -0.495 e. The number of hydrazone groups is 1. The maximum atomic E-state index is 12.7. The van der Waals surface area contributed by atoms with E-state index in [1.165, 1.54) is 59.9 Å². The molecule has 0 heterocycles. The Bertz CT molecular complexity index is 1080. The number of likely N-dealkylation sites (N-methyl/N-ethyl adjacent to an activating group) is 1. The molecule has 2 rings (SSSR count). The lowest BCUT2D eigenvalue weighted by molar-refractivity contribution is -0.121. The smallest absolute Gasteiger partial charge is 0.255 e. The van der Waals surface area contributed by atoms with Crippen molar-refractivity contribution in [3.8, 4) is 23.0 Å². The molecule has 0 atom stereocenters. The fourth-order valence-electron chi connectivity index (χ4n) is 2.66. The Morgan fingerprint density at radius 1 is 1.03 bits per heavy atom. The zero-order valence-corrected chi connectivity index (χ0v) is 19.8. The molecule has 0 aliphatic heterocycles. The Labute approximate surface area is 191 Å². The van der Waals surface area contributed by atoms with Crippen LogP contribution in [0.3, 0.4) is 0 Å². The molecule has 2 aromatic carbocycles. The maximum absolute atomic E-state index is 12.7. The summed E-state index contributed by atoms with van der Waals surface area (Å²) in [4.78, 5) is 12.1. The number of carbonyl (C=O) groups excluding carboxylic acids is 1. The number of hydrogen-bond donors (Lipinski definition) is 1. The lowest BCUT2D eigenvalue weighted by Gasteiger charge is -2.16.